The maximum absolute atomic E-state index is 12.5. The summed E-state index contributed by atoms with van der Waals surface area (Å²) in [5.41, 5.74) is 1.10. The summed E-state index contributed by atoms with van der Waals surface area (Å²) in [5, 5.41) is 3.06. The van der Waals surface area contributed by atoms with E-state index < -0.39 is 0 Å². The lowest BCUT2D eigenvalue weighted by Crippen LogP contribution is -2.39. The van der Waals surface area contributed by atoms with E-state index in [0.717, 1.165) is 62.8 Å². The van der Waals surface area contributed by atoms with Crippen LogP contribution in [0.15, 0.2) is 24.3 Å². The van der Waals surface area contributed by atoms with E-state index in [9.17, 15) is 9.59 Å². The summed E-state index contributed by atoms with van der Waals surface area (Å²) in [7, 11) is 3.56. The first kappa shape index (κ1) is 21.3. The van der Waals surface area contributed by atoms with E-state index in [0.29, 0.717) is 6.54 Å². The average Bonchev–Trinajstić information content (AvgIpc) is 2.71. The van der Waals surface area contributed by atoms with Gasteiger partial charge in [-0.3, -0.25) is 9.59 Å². The lowest BCUT2D eigenvalue weighted by Gasteiger charge is -2.30. The standard InChI is InChI=1S/C22H34N2O3/c1-4-5-16-24(2)22(26)19-12-10-18(11-13-19)21(25)23-15-14-17-8-6-7-9-20(17)27-3/h6-9,18-19H,4-5,10-16H2,1-3H3,(H,23,25). The van der Waals surface area contributed by atoms with Crippen LogP contribution in [0.1, 0.15) is 51.0 Å². The molecule has 1 aromatic rings. The summed E-state index contributed by atoms with van der Waals surface area (Å²) in [5.74, 6) is 1.35. The second-order valence-corrected chi connectivity index (χ2v) is 7.51. The number of benzene rings is 1. The van der Waals surface area contributed by atoms with Crippen molar-refractivity contribution < 1.29 is 14.3 Å². The first-order valence-electron chi connectivity index (χ1n) is 10.2. The number of ether oxygens (including phenoxy) is 1. The highest BCUT2D eigenvalue weighted by Gasteiger charge is 2.31. The fraction of sp³-hybridized carbons (Fsp3) is 0.636. The van der Waals surface area contributed by atoms with Gasteiger partial charge in [-0.2, -0.15) is 0 Å². The van der Waals surface area contributed by atoms with E-state index in [1.807, 2.05) is 36.2 Å². The molecule has 1 N–H and O–H groups in total. The Balaban J connectivity index is 1.72. The summed E-state index contributed by atoms with van der Waals surface area (Å²) < 4.78 is 5.35. The molecule has 1 aliphatic carbocycles. The van der Waals surface area contributed by atoms with Crippen molar-refractivity contribution in [2.75, 3.05) is 27.2 Å². The van der Waals surface area contributed by atoms with Crippen molar-refractivity contribution in [3.8, 4) is 5.75 Å². The van der Waals surface area contributed by atoms with E-state index in [1.165, 1.54) is 0 Å². The number of nitrogens with one attached hydrogen (secondary N) is 1. The molecule has 0 bridgehead atoms. The molecule has 5 heteroatoms. The maximum atomic E-state index is 12.5. The number of hydrogen-bond donors (Lipinski definition) is 1. The van der Waals surface area contributed by atoms with Gasteiger partial charge in [0, 0.05) is 32.0 Å². The third-order valence-electron chi connectivity index (χ3n) is 5.56. The topological polar surface area (TPSA) is 58.6 Å². The molecule has 0 aliphatic heterocycles. The second kappa shape index (κ2) is 11.0. The third kappa shape index (κ3) is 6.26. The molecule has 0 unspecified atom stereocenters. The minimum absolute atomic E-state index is 0.0349. The highest BCUT2D eigenvalue weighted by molar-refractivity contribution is 5.81. The first-order chi connectivity index (χ1) is 13.1. The fourth-order valence-corrected chi connectivity index (χ4v) is 3.79. The molecule has 27 heavy (non-hydrogen) atoms. The van der Waals surface area contributed by atoms with E-state index in [2.05, 4.69) is 12.2 Å². The van der Waals surface area contributed by atoms with E-state index >= 15 is 0 Å². The summed E-state index contributed by atoms with van der Waals surface area (Å²) in [4.78, 5) is 26.8. The summed E-state index contributed by atoms with van der Waals surface area (Å²) >= 11 is 0. The van der Waals surface area contributed by atoms with Crippen LogP contribution in [0, 0.1) is 11.8 Å². The minimum atomic E-state index is 0.0349. The van der Waals surface area contributed by atoms with Crippen molar-refractivity contribution in [2.45, 2.75) is 51.9 Å². The number of carbonyl (C=O) groups excluding carboxylic acids is 2. The Kier molecular flexibility index (Phi) is 8.62. The van der Waals surface area contributed by atoms with Gasteiger partial charge in [-0.25, -0.2) is 0 Å². The highest BCUT2D eigenvalue weighted by atomic mass is 16.5. The largest absolute Gasteiger partial charge is 0.496 e. The van der Waals surface area contributed by atoms with Crippen LogP contribution in [0.2, 0.25) is 0 Å². The quantitative estimate of drug-likeness (QED) is 0.720. The van der Waals surface area contributed by atoms with Crippen LogP contribution in [0.4, 0.5) is 0 Å². The highest BCUT2D eigenvalue weighted by Crippen LogP contribution is 2.30. The summed E-state index contributed by atoms with van der Waals surface area (Å²) in [6, 6.07) is 7.89. The molecular formula is C22H34N2O3. The van der Waals surface area contributed by atoms with Gasteiger partial charge in [0.1, 0.15) is 5.75 Å². The number of amides is 2. The van der Waals surface area contributed by atoms with Gasteiger partial charge >= 0.3 is 0 Å². The molecule has 150 valence electrons. The van der Waals surface area contributed by atoms with Crippen molar-refractivity contribution >= 4 is 11.8 Å². The van der Waals surface area contributed by atoms with Crippen molar-refractivity contribution in [1.29, 1.82) is 0 Å². The smallest absolute Gasteiger partial charge is 0.225 e. The molecule has 0 radical (unpaired) electrons. The molecule has 5 nitrogen and oxygen atoms in total. The molecule has 0 spiro atoms. The van der Waals surface area contributed by atoms with Crippen LogP contribution in [0.5, 0.6) is 5.75 Å². The molecular weight excluding hydrogens is 340 g/mol. The SMILES string of the molecule is CCCCN(C)C(=O)C1CCC(C(=O)NCCc2ccccc2OC)CC1. The van der Waals surface area contributed by atoms with Gasteiger partial charge in [-0.05, 0) is 50.2 Å². The monoisotopic (exact) mass is 374 g/mol. The lowest BCUT2D eigenvalue weighted by atomic mass is 9.81. The predicted octanol–water partition coefficient (Wildman–Crippen LogP) is 3.42. The molecule has 2 amide bonds. The van der Waals surface area contributed by atoms with Crippen LogP contribution in [0.3, 0.4) is 0 Å². The van der Waals surface area contributed by atoms with Crippen LogP contribution >= 0.6 is 0 Å². The van der Waals surface area contributed by atoms with Crippen LogP contribution in [0.25, 0.3) is 0 Å². The number of hydrogen-bond acceptors (Lipinski definition) is 3. The lowest BCUT2D eigenvalue weighted by molar-refractivity contribution is -0.137. The van der Waals surface area contributed by atoms with Crippen molar-refractivity contribution in [2.24, 2.45) is 11.8 Å². The summed E-state index contributed by atoms with van der Waals surface area (Å²) in [6.45, 7) is 3.58. The van der Waals surface area contributed by atoms with E-state index in [-0.39, 0.29) is 23.7 Å². The molecule has 1 aliphatic rings. The van der Waals surface area contributed by atoms with Crippen molar-refractivity contribution in [3.05, 3.63) is 29.8 Å². The van der Waals surface area contributed by atoms with Crippen molar-refractivity contribution in [1.82, 2.24) is 10.2 Å². The van der Waals surface area contributed by atoms with Crippen LogP contribution in [-0.4, -0.2) is 44.0 Å². The van der Waals surface area contributed by atoms with Crippen molar-refractivity contribution in [3.63, 3.8) is 0 Å². The number of nitrogens with zero attached hydrogens (tertiary/aromatic N) is 1. The van der Waals surface area contributed by atoms with Gasteiger partial charge in [0.05, 0.1) is 7.11 Å². The number of methoxy groups -OCH3 is 1. The Hall–Kier alpha value is -2.04. The minimum Gasteiger partial charge on any atom is -0.496 e. The first-order valence-corrected chi connectivity index (χ1v) is 10.2. The zero-order chi connectivity index (χ0) is 19.6. The molecule has 0 heterocycles. The molecule has 1 aromatic carbocycles. The maximum Gasteiger partial charge on any atom is 0.225 e. The molecule has 0 saturated heterocycles. The molecule has 2 rings (SSSR count). The van der Waals surface area contributed by atoms with Crippen LogP contribution < -0.4 is 10.1 Å². The predicted molar refractivity (Wildman–Crippen MR) is 108 cm³/mol. The molecule has 0 aromatic heterocycles. The van der Waals surface area contributed by atoms with Crippen LogP contribution in [-0.2, 0) is 16.0 Å². The number of rotatable bonds is 9. The number of unbranched alkanes of at least 4 members (excludes halogenated alkanes) is 1. The molecule has 1 saturated carbocycles. The Bertz CT molecular complexity index is 609. The Labute approximate surface area is 163 Å². The molecule has 0 atom stereocenters. The van der Waals surface area contributed by atoms with Gasteiger partial charge in [-0.1, -0.05) is 31.5 Å². The van der Waals surface area contributed by atoms with Gasteiger partial charge in [-0.15, -0.1) is 0 Å². The Morgan fingerprint density at radius 1 is 1.15 bits per heavy atom. The zero-order valence-electron chi connectivity index (χ0n) is 17.0. The fourth-order valence-electron chi connectivity index (χ4n) is 3.79. The number of para-hydroxylation sites is 1. The van der Waals surface area contributed by atoms with Gasteiger partial charge in [0.25, 0.3) is 0 Å². The summed E-state index contributed by atoms with van der Waals surface area (Å²) in [6.07, 6.45) is 6.15. The van der Waals surface area contributed by atoms with Gasteiger partial charge in [0.2, 0.25) is 11.8 Å². The Morgan fingerprint density at radius 2 is 1.81 bits per heavy atom. The van der Waals surface area contributed by atoms with E-state index in [1.54, 1.807) is 7.11 Å². The van der Waals surface area contributed by atoms with Gasteiger partial charge < -0.3 is 15.0 Å². The molecule has 1 fully saturated rings. The Morgan fingerprint density at radius 3 is 2.48 bits per heavy atom. The normalized spacial score (nSPS) is 19.4. The second-order valence-electron chi connectivity index (χ2n) is 7.51. The third-order valence-corrected chi connectivity index (χ3v) is 5.56. The van der Waals surface area contributed by atoms with Gasteiger partial charge in [0.15, 0.2) is 0 Å². The zero-order valence-corrected chi connectivity index (χ0v) is 17.0. The van der Waals surface area contributed by atoms with E-state index in [4.69, 9.17) is 4.74 Å². The number of carbonyl (C=O) groups is 2. The average molecular weight is 375 g/mol.